The molecule has 0 unspecified atom stereocenters. The number of rotatable bonds is 8. The summed E-state index contributed by atoms with van der Waals surface area (Å²) >= 11 is 1.39. The van der Waals surface area contributed by atoms with Crippen molar-refractivity contribution in [3.63, 3.8) is 0 Å². The van der Waals surface area contributed by atoms with Gasteiger partial charge in [-0.05, 0) is 42.0 Å². The zero-order valence-electron chi connectivity index (χ0n) is 19.9. The molecule has 1 heterocycles. The van der Waals surface area contributed by atoms with Crippen LogP contribution >= 0.6 is 11.3 Å². The molecule has 5 aromatic rings. The molecule has 0 saturated carbocycles. The molecule has 0 saturated heterocycles. The van der Waals surface area contributed by atoms with Gasteiger partial charge < -0.3 is 14.2 Å². The fraction of sp³-hybridized carbons (Fsp3) is 0.103. The number of hydrogen-bond acceptors (Lipinski definition) is 6. The van der Waals surface area contributed by atoms with E-state index in [2.05, 4.69) is 0 Å². The van der Waals surface area contributed by atoms with Crippen molar-refractivity contribution < 1.29 is 19.0 Å². The second-order valence-electron chi connectivity index (χ2n) is 7.93. The summed E-state index contributed by atoms with van der Waals surface area (Å²) in [5.74, 6) is 2.20. The number of ether oxygens (including phenoxy) is 3. The largest absolute Gasteiger partial charge is 0.495 e. The van der Waals surface area contributed by atoms with Crippen molar-refractivity contribution in [2.75, 3.05) is 19.1 Å². The van der Waals surface area contributed by atoms with Crippen molar-refractivity contribution >= 4 is 32.6 Å². The Morgan fingerprint density at radius 2 is 1.42 bits per heavy atom. The van der Waals surface area contributed by atoms with Crippen LogP contribution in [0, 0.1) is 0 Å². The van der Waals surface area contributed by atoms with E-state index in [1.54, 1.807) is 31.3 Å². The minimum atomic E-state index is -0.220. The first-order valence-corrected chi connectivity index (χ1v) is 12.2. The van der Waals surface area contributed by atoms with Crippen LogP contribution in [0.4, 0.5) is 5.13 Å². The van der Waals surface area contributed by atoms with Gasteiger partial charge in [0.1, 0.15) is 33.2 Å². The number of para-hydroxylation sites is 2. The molecule has 6 nitrogen and oxygen atoms in total. The number of carbonyl (C=O) groups is 1. The van der Waals surface area contributed by atoms with Crippen LogP contribution < -0.4 is 19.1 Å². The highest BCUT2D eigenvalue weighted by atomic mass is 32.1. The third-order valence-corrected chi connectivity index (χ3v) is 6.74. The second kappa shape index (κ2) is 10.5. The average Bonchev–Trinajstić information content (AvgIpc) is 3.38. The van der Waals surface area contributed by atoms with Crippen LogP contribution in [-0.4, -0.2) is 25.1 Å². The summed E-state index contributed by atoms with van der Waals surface area (Å²) in [7, 11) is 3.22. The summed E-state index contributed by atoms with van der Waals surface area (Å²) in [6, 6.07) is 30.2. The number of benzene rings is 4. The Morgan fingerprint density at radius 1 is 0.778 bits per heavy atom. The summed E-state index contributed by atoms with van der Waals surface area (Å²) in [5.41, 5.74) is 2.07. The molecule has 0 atom stereocenters. The molecule has 0 bridgehead atoms. The van der Waals surface area contributed by atoms with Gasteiger partial charge in [0.25, 0.3) is 5.91 Å². The van der Waals surface area contributed by atoms with Gasteiger partial charge in [-0.1, -0.05) is 72.0 Å². The topological polar surface area (TPSA) is 60.9 Å². The molecule has 0 aliphatic rings. The summed E-state index contributed by atoms with van der Waals surface area (Å²) in [6.07, 6.45) is 0. The predicted molar refractivity (Wildman–Crippen MR) is 143 cm³/mol. The van der Waals surface area contributed by atoms with Crippen LogP contribution in [-0.2, 0) is 6.54 Å². The number of methoxy groups -OCH3 is 2. The highest BCUT2D eigenvalue weighted by Crippen LogP contribution is 2.41. The summed E-state index contributed by atoms with van der Waals surface area (Å²) in [6.45, 7) is 0.337. The third-order valence-electron chi connectivity index (χ3n) is 5.65. The van der Waals surface area contributed by atoms with Crippen molar-refractivity contribution in [2.45, 2.75) is 6.54 Å². The number of fused-ring (bicyclic) bond motifs is 1. The highest BCUT2D eigenvalue weighted by molar-refractivity contribution is 7.22. The zero-order valence-corrected chi connectivity index (χ0v) is 20.7. The van der Waals surface area contributed by atoms with Crippen molar-refractivity contribution in [1.82, 2.24) is 4.98 Å². The Bertz CT molecular complexity index is 1440. The molecule has 36 heavy (non-hydrogen) atoms. The average molecular weight is 497 g/mol. The van der Waals surface area contributed by atoms with Crippen molar-refractivity contribution in [2.24, 2.45) is 0 Å². The maximum Gasteiger partial charge on any atom is 0.264 e. The fourth-order valence-corrected chi connectivity index (χ4v) is 4.95. The van der Waals surface area contributed by atoms with E-state index in [1.807, 2.05) is 84.9 Å². The maximum atomic E-state index is 14.1. The van der Waals surface area contributed by atoms with E-state index in [0.29, 0.717) is 45.8 Å². The van der Waals surface area contributed by atoms with Crippen LogP contribution in [0.5, 0.6) is 23.0 Å². The van der Waals surface area contributed by atoms with Crippen LogP contribution in [0.15, 0.2) is 97.1 Å². The van der Waals surface area contributed by atoms with Gasteiger partial charge in [0.05, 0.1) is 26.3 Å². The van der Waals surface area contributed by atoms with Crippen LogP contribution in [0.2, 0.25) is 0 Å². The fourth-order valence-electron chi connectivity index (χ4n) is 3.88. The van der Waals surface area contributed by atoms with E-state index in [0.717, 1.165) is 10.3 Å². The molecule has 0 aliphatic heterocycles. The minimum Gasteiger partial charge on any atom is -0.495 e. The molecule has 0 radical (unpaired) electrons. The minimum absolute atomic E-state index is 0.220. The zero-order chi connectivity index (χ0) is 24.9. The SMILES string of the molecule is COc1ccc(OC)c2sc(N(Cc3ccccc3)C(=O)c3ccccc3Oc3ccccc3)nc12. The molecule has 0 fully saturated rings. The molecule has 180 valence electrons. The normalized spacial score (nSPS) is 10.7. The lowest BCUT2D eigenvalue weighted by atomic mass is 10.1. The van der Waals surface area contributed by atoms with Gasteiger partial charge in [0.15, 0.2) is 5.13 Å². The second-order valence-corrected chi connectivity index (χ2v) is 8.91. The van der Waals surface area contributed by atoms with E-state index < -0.39 is 0 Å². The molecule has 1 aromatic heterocycles. The number of aromatic nitrogens is 1. The highest BCUT2D eigenvalue weighted by Gasteiger charge is 2.26. The quantitative estimate of drug-likeness (QED) is 0.233. The Kier molecular flexibility index (Phi) is 6.82. The van der Waals surface area contributed by atoms with E-state index in [4.69, 9.17) is 19.2 Å². The van der Waals surface area contributed by atoms with Crippen molar-refractivity contribution in [3.05, 3.63) is 108 Å². The number of carbonyl (C=O) groups excluding carboxylic acids is 1. The molecule has 4 aromatic carbocycles. The first-order valence-electron chi connectivity index (χ1n) is 11.4. The third kappa shape index (κ3) is 4.74. The molecular formula is C29H24N2O4S. The Hall–Kier alpha value is -4.36. The number of nitrogens with zero attached hydrogens (tertiary/aromatic N) is 2. The molecule has 0 aliphatic carbocycles. The van der Waals surface area contributed by atoms with E-state index in [-0.39, 0.29) is 5.91 Å². The standard InChI is InChI=1S/C29H24N2O4S/c1-33-24-17-18-25(34-2)27-26(24)30-29(36-27)31(19-20-11-5-3-6-12-20)28(32)22-15-9-10-16-23(22)35-21-13-7-4-8-14-21/h3-18H,19H2,1-2H3. The first kappa shape index (κ1) is 23.4. The van der Waals surface area contributed by atoms with Gasteiger partial charge in [-0.25, -0.2) is 4.98 Å². The Balaban J connectivity index is 1.60. The first-order chi connectivity index (χ1) is 17.7. The van der Waals surface area contributed by atoms with Crippen LogP contribution in [0.25, 0.3) is 10.2 Å². The molecule has 0 N–H and O–H groups in total. The maximum absolute atomic E-state index is 14.1. The molecule has 7 heteroatoms. The number of anilines is 1. The monoisotopic (exact) mass is 496 g/mol. The van der Waals surface area contributed by atoms with Gasteiger partial charge in [0, 0.05) is 0 Å². The van der Waals surface area contributed by atoms with Gasteiger partial charge in [-0.2, -0.15) is 0 Å². The van der Waals surface area contributed by atoms with Gasteiger partial charge in [-0.15, -0.1) is 0 Å². The predicted octanol–water partition coefficient (Wildman–Crippen LogP) is 6.95. The van der Waals surface area contributed by atoms with E-state index in [9.17, 15) is 4.79 Å². The Morgan fingerprint density at radius 3 is 2.14 bits per heavy atom. The van der Waals surface area contributed by atoms with E-state index in [1.165, 1.54) is 11.3 Å². The van der Waals surface area contributed by atoms with Crippen molar-refractivity contribution in [3.8, 4) is 23.0 Å². The lowest BCUT2D eigenvalue weighted by Gasteiger charge is -2.21. The van der Waals surface area contributed by atoms with Gasteiger partial charge >= 0.3 is 0 Å². The molecule has 0 spiro atoms. The number of amides is 1. The van der Waals surface area contributed by atoms with E-state index >= 15 is 0 Å². The summed E-state index contributed by atoms with van der Waals surface area (Å²) in [5, 5.41) is 0.538. The van der Waals surface area contributed by atoms with Crippen LogP contribution in [0.1, 0.15) is 15.9 Å². The number of hydrogen-bond donors (Lipinski definition) is 0. The van der Waals surface area contributed by atoms with Crippen molar-refractivity contribution in [1.29, 1.82) is 0 Å². The lowest BCUT2D eigenvalue weighted by molar-refractivity contribution is 0.0983. The number of thiazole rings is 1. The molecular weight excluding hydrogens is 472 g/mol. The van der Waals surface area contributed by atoms with Gasteiger partial charge in [-0.3, -0.25) is 9.69 Å². The van der Waals surface area contributed by atoms with Crippen LogP contribution in [0.3, 0.4) is 0 Å². The van der Waals surface area contributed by atoms with Gasteiger partial charge in [0.2, 0.25) is 0 Å². The Labute approximate surface area is 213 Å². The smallest absolute Gasteiger partial charge is 0.264 e. The molecule has 1 amide bonds. The molecule has 5 rings (SSSR count). The lowest BCUT2D eigenvalue weighted by Crippen LogP contribution is -2.30. The summed E-state index contributed by atoms with van der Waals surface area (Å²) < 4.78 is 18.0. The summed E-state index contributed by atoms with van der Waals surface area (Å²) in [4.78, 5) is 20.6.